The fourth-order valence-corrected chi connectivity index (χ4v) is 2.99. The second-order valence-electron chi connectivity index (χ2n) is 4.33. The van der Waals surface area contributed by atoms with Gasteiger partial charge in [0, 0.05) is 0 Å². The van der Waals surface area contributed by atoms with Crippen molar-refractivity contribution in [2.75, 3.05) is 7.05 Å². The zero-order valence-electron chi connectivity index (χ0n) is 10.7. The summed E-state index contributed by atoms with van der Waals surface area (Å²) in [6.45, 7) is 4.37. The largest absolute Gasteiger partial charge is 0.309 e. The number of rotatable bonds is 4. The maximum absolute atomic E-state index is 3.41. The first kappa shape index (κ1) is 12.3. The van der Waals surface area contributed by atoms with Gasteiger partial charge < -0.3 is 5.32 Å². The first-order valence-corrected chi connectivity index (χ1v) is 6.99. The van der Waals surface area contributed by atoms with E-state index in [4.69, 9.17) is 0 Å². The van der Waals surface area contributed by atoms with Crippen molar-refractivity contribution < 1.29 is 0 Å². The summed E-state index contributed by atoms with van der Waals surface area (Å²) in [7, 11) is 2.02. The highest BCUT2D eigenvalue weighted by Crippen LogP contribution is 2.27. The Bertz CT molecular complexity index is 470. The molecule has 0 aliphatic carbocycles. The van der Waals surface area contributed by atoms with E-state index >= 15 is 0 Å². The van der Waals surface area contributed by atoms with Crippen LogP contribution in [0.25, 0.3) is 0 Å². The van der Waals surface area contributed by atoms with Crippen LogP contribution in [0.1, 0.15) is 35.2 Å². The van der Waals surface area contributed by atoms with E-state index < -0.39 is 0 Å². The Kier molecular flexibility index (Phi) is 3.97. The van der Waals surface area contributed by atoms with Gasteiger partial charge in [-0.1, -0.05) is 31.2 Å². The summed E-state index contributed by atoms with van der Waals surface area (Å²) in [6, 6.07) is 9.23. The van der Waals surface area contributed by atoms with E-state index in [-0.39, 0.29) is 0 Å². The number of nitrogens with one attached hydrogen (secondary N) is 1. The second-order valence-corrected chi connectivity index (χ2v) is 5.07. The molecule has 2 rings (SSSR count). The fraction of sp³-hybridized carbons (Fsp3) is 0.333. The molecule has 2 aromatic rings. The van der Waals surface area contributed by atoms with Crippen LogP contribution >= 0.6 is 11.3 Å². The molecule has 0 spiro atoms. The monoisotopic (exact) mass is 245 g/mol. The molecule has 1 nitrogen and oxygen atoms in total. The summed E-state index contributed by atoms with van der Waals surface area (Å²) in [5.41, 5.74) is 5.49. The van der Waals surface area contributed by atoms with Crippen molar-refractivity contribution in [1.82, 2.24) is 5.32 Å². The Morgan fingerprint density at radius 1 is 1.18 bits per heavy atom. The molecule has 0 amide bonds. The lowest BCUT2D eigenvalue weighted by Gasteiger charge is -2.17. The van der Waals surface area contributed by atoms with Crippen molar-refractivity contribution >= 4 is 11.3 Å². The molecule has 1 atom stereocenters. The van der Waals surface area contributed by atoms with Crippen LogP contribution in [0.15, 0.2) is 35.0 Å². The highest BCUT2D eigenvalue weighted by molar-refractivity contribution is 7.08. The van der Waals surface area contributed by atoms with E-state index in [0.717, 1.165) is 6.42 Å². The van der Waals surface area contributed by atoms with E-state index in [1.165, 1.54) is 22.3 Å². The van der Waals surface area contributed by atoms with E-state index in [1.54, 1.807) is 11.3 Å². The molecular formula is C15H19NS. The minimum atomic E-state index is 0.312. The summed E-state index contributed by atoms with van der Waals surface area (Å²) in [6.07, 6.45) is 1.10. The minimum absolute atomic E-state index is 0.312. The molecule has 17 heavy (non-hydrogen) atoms. The predicted octanol–water partition coefficient (Wildman–Crippen LogP) is 3.93. The molecule has 0 fully saturated rings. The summed E-state index contributed by atoms with van der Waals surface area (Å²) < 4.78 is 0. The lowest BCUT2D eigenvalue weighted by molar-refractivity contribution is 0.690. The first-order valence-electron chi connectivity index (χ1n) is 6.05. The van der Waals surface area contributed by atoms with Gasteiger partial charge in [0.15, 0.2) is 0 Å². The van der Waals surface area contributed by atoms with Crippen molar-refractivity contribution in [3.05, 3.63) is 57.3 Å². The molecule has 1 unspecified atom stereocenters. The van der Waals surface area contributed by atoms with Gasteiger partial charge >= 0.3 is 0 Å². The van der Waals surface area contributed by atoms with Gasteiger partial charge in [0.2, 0.25) is 0 Å². The molecule has 0 bridgehead atoms. The molecular weight excluding hydrogens is 226 g/mol. The Morgan fingerprint density at radius 2 is 1.88 bits per heavy atom. The van der Waals surface area contributed by atoms with Crippen LogP contribution < -0.4 is 5.32 Å². The Hall–Kier alpha value is -1.12. The van der Waals surface area contributed by atoms with Gasteiger partial charge in [0.25, 0.3) is 0 Å². The van der Waals surface area contributed by atoms with Crippen molar-refractivity contribution in [2.24, 2.45) is 0 Å². The molecule has 0 radical (unpaired) electrons. The zero-order valence-corrected chi connectivity index (χ0v) is 11.5. The standard InChI is InChI=1S/C15H19NS/c1-4-12-5-7-13(8-6-12)15(16-3)14-10-17-9-11(14)2/h5-10,15-16H,4H2,1-3H3. The van der Waals surface area contributed by atoms with Crippen LogP contribution in [0, 0.1) is 6.92 Å². The number of aryl methyl sites for hydroxylation is 2. The van der Waals surface area contributed by atoms with Gasteiger partial charge in [-0.15, -0.1) is 0 Å². The van der Waals surface area contributed by atoms with Gasteiger partial charge in [0.05, 0.1) is 6.04 Å². The second kappa shape index (κ2) is 5.48. The topological polar surface area (TPSA) is 12.0 Å². The third kappa shape index (κ3) is 2.59. The maximum atomic E-state index is 3.41. The van der Waals surface area contributed by atoms with Crippen molar-refractivity contribution in [3.8, 4) is 0 Å². The van der Waals surface area contributed by atoms with Crippen LogP contribution in [0.3, 0.4) is 0 Å². The van der Waals surface area contributed by atoms with Gasteiger partial charge in [0.1, 0.15) is 0 Å². The molecule has 90 valence electrons. The Morgan fingerprint density at radius 3 is 2.35 bits per heavy atom. The molecule has 1 N–H and O–H groups in total. The normalized spacial score (nSPS) is 12.6. The number of hydrogen-bond acceptors (Lipinski definition) is 2. The third-order valence-corrected chi connectivity index (χ3v) is 4.10. The summed E-state index contributed by atoms with van der Waals surface area (Å²) >= 11 is 1.77. The number of thiophene rings is 1. The van der Waals surface area contributed by atoms with Gasteiger partial charge in [-0.3, -0.25) is 0 Å². The minimum Gasteiger partial charge on any atom is -0.309 e. The van der Waals surface area contributed by atoms with E-state index in [1.807, 2.05) is 7.05 Å². The van der Waals surface area contributed by atoms with Gasteiger partial charge in [-0.05, 0) is 53.4 Å². The smallest absolute Gasteiger partial charge is 0.0585 e. The lowest BCUT2D eigenvalue weighted by Crippen LogP contribution is -2.17. The van der Waals surface area contributed by atoms with Gasteiger partial charge in [-0.2, -0.15) is 11.3 Å². The van der Waals surface area contributed by atoms with Crippen LogP contribution in [0.4, 0.5) is 0 Å². The molecule has 1 aromatic carbocycles. The highest BCUT2D eigenvalue weighted by atomic mass is 32.1. The molecule has 0 saturated carbocycles. The molecule has 0 saturated heterocycles. The van der Waals surface area contributed by atoms with Gasteiger partial charge in [-0.25, -0.2) is 0 Å². The molecule has 2 heteroatoms. The van der Waals surface area contributed by atoms with Crippen LogP contribution in [-0.4, -0.2) is 7.05 Å². The van der Waals surface area contributed by atoms with Crippen molar-refractivity contribution in [2.45, 2.75) is 26.3 Å². The average molecular weight is 245 g/mol. The Labute approximate surface area is 108 Å². The summed E-state index contributed by atoms with van der Waals surface area (Å²) in [5, 5.41) is 7.85. The molecule has 0 aliphatic heterocycles. The van der Waals surface area contributed by atoms with E-state index in [0.29, 0.717) is 6.04 Å². The summed E-state index contributed by atoms with van der Waals surface area (Å²) in [4.78, 5) is 0. The van der Waals surface area contributed by atoms with Crippen molar-refractivity contribution in [1.29, 1.82) is 0 Å². The fourth-order valence-electron chi connectivity index (χ4n) is 2.11. The maximum Gasteiger partial charge on any atom is 0.0585 e. The lowest BCUT2D eigenvalue weighted by atomic mass is 9.97. The van der Waals surface area contributed by atoms with Crippen LogP contribution in [0.2, 0.25) is 0 Å². The predicted molar refractivity (Wildman–Crippen MR) is 75.8 cm³/mol. The third-order valence-electron chi connectivity index (χ3n) is 3.22. The van der Waals surface area contributed by atoms with E-state index in [9.17, 15) is 0 Å². The first-order chi connectivity index (χ1) is 8.26. The Balaban J connectivity index is 2.32. The highest BCUT2D eigenvalue weighted by Gasteiger charge is 2.14. The zero-order chi connectivity index (χ0) is 12.3. The quantitative estimate of drug-likeness (QED) is 0.860. The number of hydrogen-bond donors (Lipinski definition) is 1. The molecule has 1 heterocycles. The van der Waals surface area contributed by atoms with Crippen LogP contribution in [-0.2, 0) is 6.42 Å². The summed E-state index contributed by atoms with van der Waals surface area (Å²) in [5.74, 6) is 0. The van der Waals surface area contributed by atoms with E-state index in [2.05, 4.69) is 54.2 Å². The van der Waals surface area contributed by atoms with Crippen LogP contribution in [0.5, 0.6) is 0 Å². The molecule has 1 aromatic heterocycles. The number of benzene rings is 1. The SMILES string of the molecule is CCc1ccc(C(NC)c2cscc2C)cc1. The van der Waals surface area contributed by atoms with Crippen molar-refractivity contribution in [3.63, 3.8) is 0 Å². The average Bonchev–Trinajstić information content (AvgIpc) is 2.78. The molecule has 0 aliphatic rings.